The van der Waals surface area contributed by atoms with Crippen molar-refractivity contribution in [2.45, 2.75) is 39.2 Å². The van der Waals surface area contributed by atoms with Crippen LogP contribution in [0.25, 0.3) is 10.9 Å². The van der Waals surface area contributed by atoms with Gasteiger partial charge in [0.2, 0.25) is 0 Å². The average molecular weight is 448 g/mol. The van der Waals surface area contributed by atoms with Gasteiger partial charge < -0.3 is 14.8 Å². The highest BCUT2D eigenvalue weighted by molar-refractivity contribution is 6.21. The minimum absolute atomic E-state index is 0.142. The maximum absolute atomic E-state index is 12.6. The van der Waals surface area contributed by atoms with Crippen LogP contribution in [0.15, 0.2) is 42.6 Å². The van der Waals surface area contributed by atoms with E-state index in [1.807, 2.05) is 19.1 Å². The van der Waals surface area contributed by atoms with Crippen LogP contribution < -0.4 is 14.8 Å². The van der Waals surface area contributed by atoms with Gasteiger partial charge in [-0.05, 0) is 49.9 Å². The van der Waals surface area contributed by atoms with Crippen molar-refractivity contribution >= 4 is 28.4 Å². The number of nitrogens with one attached hydrogen (secondary N) is 1. The number of pyridine rings is 1. The maximum atomic E-state index is 12.6. The molecule has 33 heavy (non-hydrogen) atoms. The fourth-order valence-electron chi connectivity index (χ4n) is 4.44. The van der Waals surface area contributed by atoms with Gasteiger partial charge in [-0.1, -0.05) is 19.1 Å². The van der Waals surface area contributed by atoms with Crippen LogP contribution in [0.3, 0.4) is 0 Å². The lowest BCUT2D eigenvalue weighted by Gasteiger charge is -2.22. The Labute approximate surface area is 193 Å². The Morgan fingerprint density at radius 1 is 1.06 bits per heavy atom. The van der Waals surface area contributed by atoms with Gasteiger partial charge in [0.15, 0.2) is 11.5 Å². The summed E-state index contributed by atoms with van der Waals surface area (Å²) in [6.07, 6.45) is 4.17. The van der Waals surface area contributed by atoms with Crippen molar-refractivity contribution in [3.05, 3.63) is 59.3 Å². The molecular formula is C26H29N3O4. The third kappa shape index (κ3) is 4.11. The van der Waals surface area contributed by atoms with Gasteiger partial charge in [0, 0.05) is 24.8 Å². The Morgan fingerprint density at radius 2 is 1.76 bits per heavy atom. The summed E-state index contributed by atoms with van der Waals surface area (Å²) in [4.78, 5) is 31.2. The maximum Gasteiger partial charge on any atom is 0.261 e. The molecule has 2 aromatic carbocycles. The van der Waals surface area contributed by atoms with Crippen LogP contribution in [0.2, 0.25) is 0 Å². The van der Waals surface area contributed by atoms with E-state index >= 15 is 0 Å². The Balaban J connectivity index is 1.50. The summed E-state index contributed by atoms with van der Waals surface area (Å²) in [6.45, 7) is 4.53. The first-order valence-corrected chi connectivity index (χ1v) is 11.2. The number of imide groups is 1. The topological polar surface area (TPSA) is 80.8 Å². The van der Waals surface area contributed by atoms with Crippen LogP contribution in [-0.2, 0) is 0 Å². The molecule has 1 aliphatic heterocycles. The Hall–Kier alpha value is -3.61. The molecule has 3 aromatic rings. The first kappa shape index (κ1) is 22.6. The van der Waals surface area contributed by atoms with Crippen molar-refractivity contribution < 1.29 is 19.1 Å². The van der Waals surface area contributed by atoms with E-state index < -0.39 is 0 Å². The SMILES string of the molecule is CCC(CCCN1C(=O)c2ccccc2C1=O)Nc1cc(OC)c(OC)c2c(C)ccnc12. The number of amides is 2. The van der Waals surface area contributed by atoms with Gasteiger partial charge in [0.25, 0.3) is 11.8 Å². The number of carbonyl (C=O) groups is 2. The molecule has 1 atom stereocenters. The van der Waals surface area contributed by atoms with Gasteiger partial charge >= 0.3 is 0 Å². The highest BCUT2D eigenvalue weighted by Gasteiger charge is 2.34. The summed E-state index contributed by atoms with van der Waals surface area (Å²) in [5, 5.41) is 4.52. The number of benzene rings is 2. The zero-order valence-electron chi connectivity index (χ0n) is 19.5. The van der Waals surface area contributed by atoms with Crippen molar-refractivity contribution in [1.29, 1.82) is 0 Å². The zero-order valence-corrected chi connectivity index (χ0v) is 19.5. The molecule has 0 fully saturated rings. The van der Waals surface area contributed by atoms with E-state index in [1.165, 1.54) is 4.90 Å². The summed E-state index contributed by atoms with van der Waals surface area (Å²) >= 11 is 0. The normalized spacial score (nSPS) is 13.9. The zero-order chi connectivity index (χ0) is 23.5. The molecule has 172 valence electrons. The standard InChI is InChI=1S/C26H29N3O4/c1-5-17(9-8-14-29-25(30)18-10-6-7-11-19(18)26(29)31)28-20-15-21(32-3)24(33-4)22-16(2)12-13-27-23(20)22/h6-7,10-13,15,17,28H,5,8-9,14H2,1-4H3. The second kappa shape index (κ2) is 9.48. The van der Waals surface area contributed by atoms with Gasteiger partial charge in [-0.2, -0.15) is 0 Å². The number of fused-ring (bicyclic) bond motifs is 2. The minimum Gasteiger partial charge on any atom is -0.493 e. The number of ether oxygens (including phenoxy) is 2. The fourth-order valence-corrected chi connectivity index (χ4v) is 4.44. The number of aromatic nitrogens is 1. The second-order valence-corrected chi connectivity index (χ2v) is 8.21. The number of aryl methyl sites for hydroxylation is 1. The van der Waals surface area contributed by atoms with Crippen LogP contribution >= 0.6 is 0 Å². The smallest absolute Gasteiger partial charge is 0.261 e. The second-order valence-electron chi connectivity index (χ2n) is 8.21. The van der Waals surface area contributed by atoms with E-state index in [4.69, 9.17) is 9.47 Å². The highest BCUT2D eigenvalue weighted by Crippen LogP contribution is 2.41. The van der Waals surface area contributed by atoms with E-state index in [2.05, 4.69) is 17.2 Å². The van der Waals surface area contributed by atoms with E-state index in [0.717, 1.165) is 35.0 Å². The highest BCUT2D eigenvalue weighted by atomic mass is 16.5. The van der Waals surface area contributed by atoms with Crippen LogP contribution in [0.4, 0.5) is 5.69 Å². The van der Waals surface area contributed by atoms with E-state index in [1.54, 1.807) is 44.7 Å². The van der Waals surface area contributed by atoms with E-state index in [0.29, 0.717) is 35.6 Å². The molecule has 7 nitrogen and oxygen atoms in total. The van der Waals surface area contributed by atoms with Crippen molar-refractivity contribution in [1.82, 2.24) is 9.88 Å². The molecule has 1 aromatic heterocycles. The van der Waals surface area contributed by atoms with E-state index in [-0.39, 0.29) is 17.9 Å². The average Bonchev–Trinajstić information content (AvgIpc) is 3.08. The summed E-state index contributed by atoms with van der Waals surface area (Å²) in [5.41, 5.74) is 3.74. The van der Waals surface area contributed by atoms with Crippen molar-refractivity contribution in [3.8, 4) is 11.5 Å². The number of hydrogen-bond acceptors (Lipinski definition) is 6. The van der Waals surface area contributed by atoms with E-state index in [9.17, 15) is 9.59 Å². The molecule has 2 heterocycles. The number of nitrogens with zero attached hydrogens (tertiary/aromatic N) is 2. The predicted octanol–water partition coefficient (Wildman–Crippen LogP) is 4.83. The number of rotatable bonds is 9. The first-order chi connectivity index (χ1) is 16.0. The third-order valence-electron chi connectivity index (χ3n) is 6.23. The Bertz CT molecular complexity index is 1170. The molecule has 1 unspecified atom stereocenters. The summed E-state index contributed by atoms with van der Waals surface area (Å²) < 4.78 is 11.2. The molecule has 0 saturated heterocycles. The molecule has 0 spiro atoms. The lowest BCUT2D eigenvalue weighted by Crippen LogP contribution is -2.31. The lowest BCUT2D eigenvalue weighted by atomic mass is 10.0. The summed E-state index contributed by atoms with van der Waals surface area (Å²) in [7, 11) is 3.25. The largest absolute Gasteiger partial charge is 0.493 e. The quantitative estimate of drug-likeness (QED) is 0.474. The summed E-state index contributed by atoms with van der Waals surface area (Å²) in [6, 6.07) is 11.0. The van der Waals surface area contributed by atoms with Gasteiger partial charge in [-0.3, -0.25) is 19.5 Å². The molecule has 0 saturated carbocycles. The fraction of sp³-hybridized carbons (Fsp3) is 0.346. The third-order valence-corrected chi connectivity index (χ3v) is 6.23. The van der Waals surface area contributed by atoms with Crippen LogP contribution in [0.1, 0.15) is 52.5 Å². The molecule has 0 aliphatic carbocycles. The van der Waals surface area contributed by atoms with Crippen LogP contribution in [0, 0.1) is 6.92 Å². The van der Waals surface area contributed by atoms with Gasteiger partial charge in [0.1, 0.15) is 0 Å². The molecule has 0 radical (unpaired) electrons. The number of anilines is 1. The van der Waals surface area contributed by atoms with Crippen LogP contribution in [0.5, 0.6) is 11.5 Å². The summed E-state index contributed by atoms with van der Waals surface area (Å²) in [5.74, 6) is 0.899. The number of hydrogen-bond donors (Lipinski definition) is 1. The molecule has 1 N–H and O–H groups in total. The molecule has 4 rings (SSSR count). The van der Waals surface area contributed by atoms with Crippen molar-refractivity contribution in [2.24, 2.45) is 0 Å². The van der Waals surface area contributed by atoms with Gasteiger partial charge in [-0.15, -0.1) is 0 Å². The lowest BCUT2D eigenvalue weighted by molar-refractivity contribution is 0.0651. The number of methoxy groups -OCH3 is 2. The van der Waals surface area contributed by atoms with Gasteiger partial charge in [0.05, 0.1) is 41.9 Å². The first-order valence-electron chi connectivity index (χ1n) is 11.2. The monoisotopic (exact) mass is 447 g/mol. The van der Waals surface area contributed by atoms with Crippen molar-refractivity contribution in [2.75, 3.05) is 26.1 Å². The molecule has 7 heteroatoms. The van der Waals surface area contributed by atoms with Gasteiger partial charge in [-0.25, -0.2) is 0 Å². The molecule has 2 amide bonds. The molecule has 1 aliphatic rings. The molecule has 0 bridgehead atoms. The Kier molecular flexibility index (Phi) is 6.49. The number of carbonyl (C=O) groups excluding carboxylic acids is 2. The Morgan fingerprint density at radius 3 is 2.36 bits per heavy atom. The molecular weight excluding hydrogens is 418 g/mol. The predicted molar refractivity (Wildman–Crippen MR) is 128 cm³/mol. The van der Waals surface area contributed by atoms with Crippen LogP contribution in [-0.4, -0.2) is 48.5 Å². The van der Waals surface area contributed by atoms with Crippen molar-refractivity contribution in [3.63, 3.8) is 0 Å². The minimum atomic E-state index is -0.206.